The average Bonchev–Trinajstić information content (AvgIpc) is 3.19. The first-order chi connectivity index (χ1) is 16.2. The number of pyridine rings is 2. The molecule has 0 radical (unpaired) electrons. The first-order valence-corrected chi connectivity index (χ1v) is 12.4. The molecule has 1 unspecified atom stereocenters. The van der Waals surface area contributed by atoms with E-state index in [1.165, 1.54) is 34.9 Å². The first kappa shape index (κ1) is 22.3. The molecule has 1 fully saturated rings. The third kappa shape index (κ3) is 4.50. The number of nitrogens with zero attached hydrogens (tertiary/aromatic N) is 6. The van der Waals surface area contributed by atoms with Crippen LogP contribution < -0.4 is 10.2 Å². The second-order valence-electron chi connectivity index (χ2n) is 9.52. The van der Waals surface area contributed by atoms with E-state index in [0.717, 1.165) is 64.3 Å². The number of piperazine rings is 1. The largest absolute Gasteiger partial charge is 0.355 e. The molecule has 1 aliphatic heterocycles. The average molecular weight is 448 g/mol. The number of rotatable bonds is 7. The summed E-state index contributed by atoms with van der Waals surface area (Å²) < 4.78 is 2.39. The van der Waals surface area contributed by atoms with Gasteiger partial charge < -0.3 is 15.1 Å². The zero-order chi connectivity index (χ0) is 22.8. The molecule has 1 atom stereocenters. The number of anilines is 1. The monoisotopic (exact) mass is 447 g/mol. The van der Waals surface area contributed by atoms with Crippen molar-refractivity contribution in [3.8, 4) is 0 Å². The number of hydrogen-bond acceptors (Lipinski definition) is 6. The molecule has 2 aliphatic rings. The van der Waals surface area contributed by atoms with Gasteiger partial charge in [0.25, 0.3) is 0 Å². The Balaban J connectivity index is 1.48. The van der Waals surface area contributed by atoms with Crippen LogP contribution in [0.25, 0.3) is 5.65 Å². The van der Waals surface area contributed by atoms with Gasteiger partial charge in [-0.2, -0.15) is 0 Å². The highest BCUT2D eigenvalue weighted by Crippen LogP contribution is 2.33. The van der Waals surface area contributed by atoms with E-state index >= 15 is 0 Å². The fraction of sp³-hybridized carbons (Fsp3) is 0.538. The molecule has 0 bridgehead atoms. The van der Waals surface area contributed by atoms with Crippen molar-refractivity contribution in [1.29, 1.82) is 0 Å². The minimum atomic E-state index is 0.351. The molecular formula is C26H37N7. The Kier molecular flexibility index (Phi) is 6.62. The van der Waals surface area contributed by atoms with Crippen LogP contribution in [-0.2, 0) is 19.5 Å². The topological polar surface area (TPSA) is 51.9 Å². The lowest BCUT2D eigenvalue weighted by Crippen LogP contribution is -2.45. The molecule has 4 heterocycles. The molecule has 0 amide bonds. The molecule has 7 heteroatoms. The summed E-state index contributed by atoms with van der Waals surface area (Å²) in [5.41, 5.74) is 6.15. The molecule has 3 aromatic heterocycles. The summed E-state index contributed by atoms with van der Waals surface area (Å²) in [6, 6.07) is 11.2. The van der Waals surface area contributed by atoms with E-state index in [9.17, 15) is 0 Å². The zero-order valence-corrected chi connectivity index (χ0v) is 20.3. The van der Waals surface area contributed by atoms with Crippen molar-refractivity contribution in [1.82, 2.24) is 29.5 Å². The van der Waals surface area contributed by atoms with Gasteiger partial charge in [0, 0.05) is 45.5 Å². The number of imidazole rings is 1. The number of nitrogens with one attached hydrogen (secondary N) is 1. The molecule has 1 aliphatic carbocycles. The van der Waals surface area contributed by atoms with Crippen molar-refractivity contribution in [3.63, 3.8) is 0 Å². The Morgan fingerprint density at radius 1 is 1.12 bits per heavy atom. The number of likely N-dealkylation sites (N-methyl/N-ethyl adjacent to an activating group) is 1. The second-order valence-corrected chi connectivity index (χ2v) is 9.52. The fourth-order valence-electron chi connectivity index (χ4n) is 5.38. The van der Waals surface area contributed by atoms with Gasteiger partial charge in [0.1, 0.15) is 11.5 Å². The molecule has 3 aromatic rings. The van der Waals surface area contributed by atoms with Gasteiger partial charge >= 0.3 is 0 Å². The maximum absolute atomic E-state index is 5.15. The third-order valence-corrected chi connectivity index (χ3v) is 7.27. The van der Waals surface area contributed by atoms with E-state index in [-0.39, 0.29) is 0 Å². The predicted molar refractivity (Wildman–Crippen MR) is 134 cm³/mol. The lowest BCUT2D eigenvalue weighted by Gasteiger charge is -2.34. The molecule has 0 saturated carbocycles. The number of hydrogen-bond donors (Lipinski definition) is 1. The highest BCUT2D eigenvalue weighted by atomic mass is 15.3. The van der Waals surface area contributed by atoms with Gasteiger partial charge in [-0.05, 0) is 63.7 Å². The molecule has 7 nitrogen and oxygen atoms in total. The van der Waals surface area contributed by atoms with E-state index in [0.29, 0.717) is 6.04 Å². The lowest BCUT2D eigenvalue weighted by molar-refractivity contribution is 0.206. The number of aryl methyl sites for hydroxylation is 1. The maximum atomic E-state index is 5.15. The van der Waals surface area contributed by atoms with Crippen molar-refractivity contribution in [2.24, 2.45) is 0 Å². The maximum Gasteiger partial charge on any atom is 0.138 e. The first-order valence-electron chi connectivity index (χ1n) is 12.4. The summed E-state index contributed by atoms with van der Waals surface area (Å²) in [7, 11) is 4.44. The van der Waals surface area contributed by atoms with Gasteiger partial charge in [0.2, 0.25) is 0 Å². The summed E-state index contributed by atoms with van der Waals surface area (Å²) >= 11 is 0. The van der Waals surface area contributed by atoms with Crippen LogP contribution in [0.2, 0.25) is 0 Å². The van der Waals surface area contributed by atoms with E-state index in [4.69, 9.17) is 9.97 Å². The summed E-state index contributed by atoms with van der Waals surface area (Å²) in [5.74, 6) is 1.26. The molecule has 176 valence electrons. The molecule has 0 aromatic carbocycles. The third-order valence-electron chi connectivity index (χ3n) is 7.27. The molecule has 0 spiro atoms. The van der Waals surface area contributed by atoms with Crippen molar-refractivity contribution in [3.05, 3.63) is 59.2 Å². The van der Waals surface area contributed by atoms with E-state index < -0.39 is 0 Å². The van der Waals surface area contributed by atoms with E-state index in [2.05, 4.69) is 75.8 Å². The fourth-order valence-corrected chi connectivity index (χ4v) is 5.38. The SMILES string of the molecule is CCNCc1c(CN(C)C2CCCc3cccnc32)nc2cccc(N3CCN(C)CC3)n12. The van der Waals surface area contributed by atoms with Gasteiger partial charge in [-0.15, -0.1) is 0 Å². The highest BCUT2D eigenvalue weighted by Gasteiger charge is 2.27. The van der Waals surface area contributed by atoms with Crippen LogP contribution in [0.5, 0.6) is 0 Å². The van der Waals surface area contributed by atoms with Gasteiger partial charge in [-0.25, -0.2) is 4.98 Å². The molecule has 5 rings (SSSR count). The Labute approximate surface area is 197 Å². The highest BCUT2D eigenvalue weighted by molar-refractivity contribution is 5.55. The standard InChI is InChI=1S/C26H37N7/c1-4-27-18-23-21(19-31(3)22-10-5-8-20-9-7-13-28-26(20)22)29-24-11-6-12-25(33(23)24)32-16-14-30(2)15-17-32/h6-7,9,11-13,22,27H,4-5,8,10,14-19H2,1-3H3. The summed E-state index contributed by atoms with van der Waals surface area (Å²) in [6.07, 6.45) is 5.45. The predicted octanol–water partition coefficient (Wildman–Crippen LogP) is 3.10. The Morgan fingerprint density at radius 3 is 2.79 bits per heavy atom. The van der Waals surface area contributed by atoms with Crippen LogP contribution in [0.1, 0.15) is 48.5 Å². The summed E-state index contributed by atoms with van der Waals surface area (Å²) in [6.45, 7) is 9.05. The Bertz CT molecular complexity index is 1080. The smallest absolute Gasteiger partial charge is 0.138 e. The summed E-state index contributed by atoms with van der Waals surface area (Å²) in [5, 5.41) is 3.57. The number of aromatic nitrogens is 3. The van der Waals surface area contributed by atoms with Crippen LogP contribution in [0.15, 0.2) is 36.5 Å². The van der Waals surface area contributed by atoms with Crippen LogP contribution in [0.3, 0.4) is 0 Å². The molecule has 1 N–H and O–H groups in total. The van der Waals surface area contributed by atoms with E-state index in [1.807, 2.05) is 6.20 Å². The van der Waals surface area contributed by atoms with Crippen molar-refractivity contribution in [2.45, 2.75) is 45.3 Å². The van der Waals surface area contributed by atoms with Crippen molar-refractivity contribution >= 4 is 11.5 Å². The van der Waals surface area contributed by atoms with Gasteiger partial charge in [0.05, 0.1) is 23.1 Å². The molecule has 33 heavy (non-hydrogen) atoms. The van der Waals surface area contributed by atoms with Gasteiger partial charge in [-0.1, -0.05) is 19.1 Å². The van der Waals surface area contributed by atoms with E-state index in [1.54, 1.807) is 0 Å². The second kappa shape index (κ2) is 9.79. The zero-order valence-electron chi connectivity index (χ0n) is 20.3. The lowest BCUT2D eigenvalue weighted by atomic mass is 9.91. The van der Waals surface area contributed by atoms with Crippen molar-refractivity contribution in [2.75, 3.05) is 51.7 Å². The molecule has 1 saturated heterocycles. The Hall–Kier alpha value is -2.48. The van der Waals surface area contributed by atoms with Crippen LogP contribution in [-0.4, -0.2) is 71.0 Å². The minimum absolute atomic E-state index is 0.351. The van der Waals surface area contributed by atoms with Crippen LogP contribution in [0.4, 0.5) is 5.82 Å². The molecular weight excluding hydrogens is 410 g/mol. The van der Waals surface area contributed by atoms with Crippen molar-refractivity contribution < 1.29 is 0 Å². The minimum Gasteiger partial charge on any atom is -0.355 e. The number of fused-ring (bicyclic) bond motifs is 2. The quantitative estimate of drug-likeness (QED) is 0.601. The Morgan fingerprint density at radius 2 is 1.97 bits per heavy atom. The van der Waals surface area contributed by atoms with Crippen LogP contribution in [0, 0.1) is 0 Å². The summed E-state index contributed by atoms with van der Waals surface area (Å²) in [4.78, 5) is 17.3. The normalized spacial score (nSPS) is 19.4. The van der Waals surface area contributed by atoms with Gasteiger partial charge in [0.15, 0.2) is 0 Å². The van der Waals surface area contributed by atoms with Crippen LogP contribution >= 0.6 is 0 Å². The van der Waals surface area contributed by atoms with Gasteiger partial charge in [-0.3, -0.25) is 14.3 Å².